The van der Waals surface area contributed by atoms with Crippen molar-refractivity contribution in [1.82, 2.24) is 0 Å². The van der Waals surface area contributed by atoms with Crippen molar-refractivity contribution in [2.45, 2.75) is 91.1 Å². The molecule has 0 aliphatic heterocycles. The summed E-state index contributed by atoms with van der Waals surface area (Å²) in [7, 11) is 0. The molecule has 0 aromatic heterocycles. The van der Waals surface area contributed by atoms with Gasteiger partial charge in [-0.1, -0.05) is 140 Å². The van der Waals surface area contributed by atoms with Gasteiger partial charge in [-0.3, -0.25) is 0 Å². The number of esters is 2. The van der Waals surface area contributed by atoms with E-state index in [1.54, 1.807) is 13.8 Å². The van der Waals surface area contributed by atoms with Gasteiger partial charge >= 0.3 is 11.9 Å². The number of carbonyl (C=O) groups excluding carboxylic acids is 2. The Balaban J connectivity index is 0.980. The van der Waals surface area contributed by atoms with Crippen molar-refractivity contribution in [3.8, 4) is 55.6 Å². The van der Waals surface area contributed by atoms with E-state index in [0.29, 0.717) is 24.2 Å². The first-order valence-corrected chi connectivity index (χ1v) is 21.4. The highest BCUT2D eigenvalue weighted by atomic mass is 16.5. The SMILES string of the molecule is C=C(C)C(=O)OCCc1ccc2c(c1)C(C)(C)c1cc(-c3ccc4c(c3)C(C)(C)c3cc(-c5ccc6c(c5)C(C)(C)c5cc(C(C)OC(=O)C(=C)C)ccc5-6)ccc3-4)ccc1-2. The highest BCUT2D eigenvalue weighted by Crippen LogP contribution is 2.54. The van der Waals surface area contributed by atoms with Crippen LogP contribution in [0.25, 0.3) is 55.6 Å². The smallest absolute Gasteiger partial charge is 0.333 e. The number of ether oxygens (including phenoxy) is 2. The van der Waals surface area contributed by atoms with Crippen LogP contribution in [0.4, 0.5) is 0 Å². The molecule has 0 saturated heterocycles. The van der Waals surface area contributed by atoms with E-state index in [4.69, 9.17) is 9.47 Å². The van der Waals surface area contributed by atoms with Crippen LogP contribution in [0.3, 0.4) is 0 Å². The molecule has 0 saturated carbocycles. The molecule has 6 aromatic rings. The van der Waals surface area contributed by atoms with Crippen LogP contribution in [0, 0.1) is 0 Å². The summed E-state index contributed by atoms with van der Waals surface area (Å²) in [6.07, 6.45) is 0.296. The normalized spacial score (nSPS) is 15.7. The Bertz CT molecular complexity index is 2900. The molecule has 1 atom stereocenters. The average molecular weight is 803 g/mol. The standard InChI is InChI=1S/C57H54O4/c1-32(2)53(58)60-25-24-35-12-18-41-43-20-14-37(28-49(43)55(6,7)47(41)26-35)39-16-22-45-46-23-17-40(31-52(46)57(10,11)51(45)30-39)38-15-21-44-42-19-13-36(34(5)61-54(59)33(3)4)27-48(42)56(8,9)50(44)29-38/h12-23,26-31,34H,1,3,24-25H2,2,4-11H3. The van der Waals surface area contributed by atoms with E-state index in [0.717, 1.165) is 11.1 Å². The summed E-state index contributed by atoms with van der Waals surface area (Å²) in [4.78, 5) is 24.2. The third-order valence-corrected chi connectivity index (χ3v) is 13.9. The molecule has 0 amide bonds. The second-order valence-corrected chi connectivity index (χ2v) is 19.1. The third-order valence-electron chi connectivity index (χ3n) is 13.9. The molecular weight excluding hydrogens is 749 g/mol. The van der Waals surface area contributed by atoms with E-state index in [2.05, 4.69) is 164 Å². The fourth-order valence-electron chi connectivity index (χ4n) is 10.1. The number of benzene rings is 6. The minimum atomic E-state index is -0.370. The average Bonchev–Trinajstić information content (AvgIpc) is 3.71. The summed E-state index contributed by atoms with van der Waals surface area (Å²) in [6, 6.07) is 41.1. The van der Waals surface area contributed by atoms with Crippen LogP contribution in [-0.2, 0) is 41.7 Å². The van der Waals surface area contributed by atoms with Crippen LogP contribution in [0.2, 0.25) is 0 Å². The molecule has 61 heavy (non-hydrogen) atoms. The lowest BCUT2D eigenvalue weighted by Gasteiger charge is -2.24. The molecule has 6 aromatic carbocycles. The zero-order valence-corrected chi connectivity index (χ0v) is 36.9. The first kappa shape index (κ1) is 40.2. The second kappa shape index (κ2) is 14.2. The van der Waals surface area contributed by atoms with Crippen molar-refractivity contribution in [3.63, 3.8) is 0 Å². The van der Waals surface area contributed by atoms with Gasteiger partial charge in [0.25, 0.3) is 0 Å². The number of hydrogen-bond acceptors (Lipinski definition) is 4. The topological polar surface area (TPSA) is 52.6 Å². The summed E-state index contributed by atoms with van der Waals surface area (Å²) < 4.78 is 11.1. The minimum absolute atomic E-state index is 0.175. The van der Waals surface area contributed by atoms with Gasteiger partial charge in [0.2, 0.25) is 0 Å². The predicted octanol–water partition coefficient (Wildman–Crippen LogP) is 13.8. The van der Waals surface area contributed by atoms with Crippen LogP contribution in [0.15, 0.2) is 133 Å². The van der Waals surface area contributed by atoms with Crippen LogP contribution in [0.1, 0.15) is 113 Å². The van der Waals surface area contributed by atoms with Gasteiger partial charge in [-0.05, 0) is 145 Å². The van der Waals surface area contributed by atoms with Crippen LogP contribution < -0.4 is 0 Å². The first-order valence-electron chi connectivity index (χ1n) is 21.4. The zero-order chi connectivity index (χ0) is 43.3. The molecule has 0 bridgehead atoms. The van der Waals surface area contributed by atoms with Crippen molar-refractivity contribution >= 4 is 11.9 Å². The molecule has 1 unspecified atom stereocenters. The summed E-state index contributed by atoms with van der Waals surface area (Å²) in [5.41, 5.74) is 22.8. The molecule has 3 aliphatic rings. The van der Waals surface area contributed by atoms with Gasteiger partial charge in [0.1, 0.15) is 6.10 Å². The molecule has 4 nitrogen and oxygen atoms in total. The third kappa shape index (κ3) is 6.42. The molecule has 9 rings (SSSR count). The van der Waals surface area contributed by atoms with Crippen molar-refractivity contribution in [2.75, 3.05) is 6.61 Å². The highest BCUT2D eigenvalue weighted by Gasteiger charge is 2.39. The minimum Gasteiger partial charge on any atom is -0.462 e. The van der Waals surface area contributed by atoms with Crippen LogP contribution in [0.5, 0.6) is 0 Å². The van der Waals surface area contributed by atoms with Crippen LogP contribution in [-0.4, -0.2) is 18.5 Å². The van der Waals surface area contributed by atoms with E-state index in [1.807, 2.05) is 6.92 Å². The first-order chi connectivity index (χ1) is 28.9. The monoisotopic (exact) mass is 802 g/mol. The summed E-state index contributed by atoms with van der Waals surface area (Å²) in [6.45, 7) is 27.0. The molecule has 0 radical (unpaired) electrons. The van der Waals surface area contributed by atoms with Crippen molar-refractivity contribution < 1.29 is 19.1 Å². The van der Waals surface area contributed by atoms with E-state index in [1.165, 1.54) is 89.0 Å². The van der Waals surface area contributed by atoms with Crippen molar-refractivity contribution in [2.24, 2.45) is 0 Å². The van der Waals surface area contributed by atoms with Gasteiger partial charge in [-0.2, -0.15) is 0 Å². The Labute approximate surface area is 361 Å². The Kier molecular flexibility index (Phi) is 9.32. The van der Waals surface area contributed by atoms with Gasteiger partial charge in [0, 0.05) is 33.8 Å². The van der Waals surface area contributed by atoms with E-state index in [-0.39, 0.29) is 34.3 Å². The van der Waals surface area contributed by atoms with Crippen molar-refractivity contribution in [1.29, 1.82) is 0 Å². The fraction of sp³-hybridized carbons (Fsp3) is 0.263. The molecule has 0 spiro atoms. The Hall–Kier alpha value is -6.26. The summed E-state index contributed by atoms with van der Waals surface area (Å²) >= 11 is 0. The van der Waals surface area contributed by atoms with E-state index >= 15 is 0 Å². The maximum atomic E-state index is 12.3. The van der Waals surface area contributed by atoms with Gasteiger partial charge in [-0.15, -0.1) is 0 Å². The zero-order valence-electron chi connectivity index (χ0n) is 36.9. The van der Waals surface area contributed by atoms with Gasteiger partial charge in [0.05, 0.1) is 6.61 Å². The fourth-order valence-corrected chi connectivity index (χ4v) is 10.1. The number of hydrogen-bond donors (Lipinski definition) is 0. The lowest BCUT2D eigenvalue weighted by atomic mass is 9.79. The Morgan fingerprint density at radius 1 is 0.492 bits per heavy atom. The summed E-state index contributed by atoms with van der Waals surface area (Å²) in [5, 5.41) is 0. The number of fused-ring (bicyclic) bond motifs is 9. The van der Waals surface area contributed by atoms with Gasteiger partial charge < -0.3 is 9.47 Å². The predicted molar refractivity (Wildman–Crippen MR) is 249 cm³/mol. The molecule has 4 heteroatoms. The number of rotatable bonds is 9. The maximum Gasteiger partial charge on any atom is 0.333 e. The Morgan fingerprint density at radius 3 is 1.23 bits per heavy atom. The van der Waals surface area contributed by atoms with E-state index < -0.39 is 0 Å². The molecule has 306 valence electrons. The molecular formula is C57H54O4. The second-order valence-electron chi connectivity index (χ2n) is 19.1. The largest absolute Gasteiger partial charge is 0.462 e. The number of carbonyl (C=O) groups is 2. The van der Waals surface area contributed by atoms with Crippen molar-refractivity contribution in [3.05, 3.63) is 178 Å². The molecule has 0 N–H and O–H groups in total. The quantitative estimate of drug-likeness (QED) is 0.108. The highest BCUT2D eigenvalue weighted by molar-refractivity contribution is 5.90. The molecule has 0 fully saturated rings. The Morgan fingerprint density at radius 2 is 0.836 bits per heavy atom. The van der Waals surface area contributed by atoms with Crippen LogP contribution >= 0.6 is 0 Å². The maximum absolute atomic E-state index is 12.3. The summed E-state index contributed by atoms with van der Waals surface area (Å²) in [5.74, 6) is -0.712. The van der Waals surface area contributed by atoms with Gasteiger partial charge in [0.15, 0.2) is 0 Å². The molecule has 0 heterocycles. The van der Waals surface area contributed by atoms with E-state index in [9.17, 15) is 9.59 Å². The van der Waals surface area contributed by atoms with Gasteiger partial charge in [-0.25, -0.2) is 9.59 Å². The lowest BCUT2D eigenvalue weighted by molar-refractivity contribution is -0.143. The molecule has 3 aliphatic carbocycles. The lowest BCUT2D eigenvalue weighted by Crippen LogP contribution is -2.16.